The van der Waals surface area contributed by atoms with Crippen LogP contribution in [0.2, 0.25) is 0 Å². The normalized spacial score (nSPS) is 13.1. The average Bonchev–Trinajstić information content (AvgIpc) is 3.30. The number of hydrogen-bond acceptors (Lipinski definition) is 7. The van der Waals surface area contributed by atoms with E-state index >= 15 is 0 Å². The van der Waals surface area contributed by atoms with Crippen LogP contribution in [0, 0.1) is 6.92 Å². The molecule has 1 amide bonds. The highest BCUT2D eigenvalue weighted by atomic mass is 32.2. The maximum Gasteiger partial charge on any atom is 0.287 e. The number of amides is 1. The van der Waals surface area contributed by atoms with Crippen molar-refractivity contribution in [1.29, 1.82) is 0 Å². The van der Waals surface area contributed by atoms with Gasteiger partial charge in [0.15, 0.2) is 0 Å². The fourth-order valence-electron chi connectivity index (χ4n) is 2.78. The summed E-state index contributed by atoms with van der Waals surface area (Å²) in [5.41, 5.74) is 4.76. The molecule has 29 heavy (non-hydrogen) atoms. The van der Waals surface area contributed by atoms with Gasteiger partial charge in [0, 0.05) is 6.54 Å². The van der Waals surface area contributed by atoms with Crippen LogP contribution in [0.15, 0.2) is 63.9 Å². The van der Waals surface area contributed by atoms with Gasteiger partial charge in [-0.05, 0) is 42.1 Å². The van der Waals surface area contributed by atoms with Crippen LogP contribution in [0.5, 0.6) is 0 Å². The highest BCUT2D eigenvalue weighted by Gasteiger charge is 2.22. The number of hydrogen-bond donors (Lipinski definition) is 2. The molecule has 0 aliphatic carbocycles. The van der Waals surface area contributed by atoms with Gasteiger partial charge in [-0.1, -0.05) is 50.2 Å². The van der Waals surface area contributed by atoms with Crippen molar-refractivity contribution in [3.63, 3.8) is 0 Å². The Kier molecular flexibility index (Phi) is 7.37. The van der Waals surface area contributed by atoms with Gasteiger partial charge in [-0.3, -0.25) is 4.79 Å². The van der Waals surface area contributed by atoms with Gasteiger partial charge in [-0.15, -0.1) is 21.5 Å². The van der Waals surface area contributed by atoms with Gasteiger partial charge in [0.05, 0.1) is 16.5 Å². The third-order valence-electron chi connectivity index (χ3n) is 4.16. The van der Waals surface area contributed by atoms with Gasteiger partial charge in [-0.2, -0.15) is 0 Å². The molecule has 0 spiro atoms. The van der Waals surface area contributed by atoms with Crippen LogP contribution in [0.1, 0.15) is 35.9 Å². The molecule has 150 valence electrons. The van der Waals surface area contributed by atoms with E-state index < -0.39 is 0 Å². The minimum Gasteiger partial charge on any atom is -0.348 e. The largest absolute Gasteiger partial charge is 0.348 e. The lowest BCUT2D eigenvalue weighted by Crippen LogP contribution is -2.40. The predicted molar refractivity (Wildman–Crippen MR) is 120 cm³/mol. The molecule has 1 unspecified atom stereocenters. The number of amidine groups is 1. The number of fused-ring (bicyclic) bond motifs is 1. The minimum absolute atomic E-state index is 0.0468. The lowest BCUT2D eigenvalue weighted by molar-refractivity contribution is -0.114. The highest BCUT2D eigenvalue weighted by molar-refractivity contribution is 7.98. The Bertz CT molecular complexity index is 974. The van der Waals surface area contributed by atoms with Gasteiger partial charge in [0.25, 0.3) is 5.91 Å². The van der Waals surface area contributed by atoms with Crippen molar-refractivity contribution in [2.24, 2.45) is 4.99 Å². The molecule has 2 N–H and O–H groups in total. The second-order valence-corrected chi connectivity index (χ2v) is 7.80. The van der Waals surface area contributed by atoms with E-state index in [0.717, 1.165) is 26.7 Å². The number of carbonyl (C=O) groups excluding carboxylic acids is 1. The van der Waals surface area contributed by atoms with Crippen molar-refractivity contribution in [3.8, 4) is 0 Å². The molecule has 0 bridgehead atoms. The number of aryl methyl sites for hydroxylation is 1. The maximum absolute atomic E-state index is 12.6. The Morgan fingerprint density at radius 3 is 2.69 bits per heavy atom. The van der Waals surface area contributed by atoms with E-state index in [1.165, 1.54) is 23.3 Å². The first-order valence-corrected chi connectivity index (χ1v) is 11.1. The number of benzene rings is 2. The molecular formula is C21H23N5OS2. The second-order valence-electron chi connectivity index (χ2n) is 6.09. The Morgan fingerprint density at radius 2 is 1.97 bits per heavy atom. The Morgan fingerprint density at radius 1 is 1.17 bits per heavy atom. The molecular weight excluding hydrogens is 402 g/mol. The molecule has 1 aromatic heterocycles. The fourth-order valence-corrected chi connectivity index (χ4v) is 4.27. The Hall–Kier alpha value is -2.71. The zero-order valence-electron chi connectivity index (χ0n) is 16.5. The lowest BCUT2D eigenvalue weighted by atomic mass is 10.00. The van der Waals surface area contributed by atoms with Crippen LogP contribution in [-0.2, 0) is 4.79 Å². The zero-order valence-corrected chi connectivity index (χ0v) is 18.2. The molecule has 2 aromatic carbocycles. The SMILES string of the molecule is CC.Cc1ccc2c(c1)SNC(C(=O)NCC(c1ccccc1)c1nncs1)=N2. The van der Waals surface area contributed by atoms with E-state index in [-0.39, 0.29) is 11.8 Å². The van der Waals surface area contributed by atoms with Crippen molar-refractivity contribution in [2.45, 2.75) is 31.6 Å². The fraction of sp³-hybridized carbons (Fsp3) is 0.238. The van der Waals surface area contributed by atoms with E-state index in [1.54, 1.807) is 5.51 Å². The summed E-state index contributed by atoms with van der Waals surface area (Å²) in [5, 5.41) is 12.0. The van der Waals surface area contributed by atoms with Crippen molar-refractivity contribution in [3.05, 3.63) is 70.2 Å². The minimum atomic E-state index is -0.237. The molecule has 3 aromatic rings. The molecule has 2 heterocycles. The van der Waals surface area contributed by atoms with Crippen LogP contribution in [0.4, 0.5) is 5.69 Å². The average molecular weight is 426 g/mol. The summed E-state index contributed by atoms with van der Waals surface area (Å²) in [5.74, 6) is 0.0222. The molecule has 0 saturated heterocycles. The molecule has 1 aliphatic heterocycles. The summed E-state index contributed by atoms with van der Waals surface area (Å²) in [7, 11) is 0. The molecule has 4 rings (SSSR count). The van der Waals surface area contributed by atoms with Crippen molar-refractivity contribution in [2.75, 3.05) is 6.54 Å². The highest BCUT2D eigenvalue weighted by Crippen LogP contribution is 2.32. The van der Waals surface area contributed by atoms with Crippen molar-refractivity contribution < 1.29 is 4.79 Å². The van der Waals surface area contributed by atoms with Crippen LogP contribution in [0.3, 0.4) is 0 Å². The maximum atomic E-state index is 12.6. The number of aromatic nitrogens is 2. The third kappa shape index (κ3) is 5.21. The topological polar surface area (TPSA) is 79.3 Å². The number of aliphatic imine (C=N–C) groups is 1. The molecule has 1 atom stereocenters. The van der Waals surface area contributed by atoms with Crippen LogP contribution >= 0.6 is 23.3 Å². The van der Waals surface area contributed by atoms with E-state index in [0.29, 0.717) is 12.4 Å². The van der Waals surface area contributed by atoms with Crippen LogP contribution in [-0.4, -0.2) is 28.5 Å². The summed E-state index contributed by atoms with van der Waals surface area (Å²) >= 11 is 2.89. The molecule has 6 nitrogen and oxygen atoms in total. The number of carbonyl (C=O) groups is 1. The number of nitrogens with one attached hydrogen (secondary N) is 2. The number of rotatable bonds is 5. The van der Waals surface area contributed by atoms with E-state index in [2.05, 4.69) is 25.2 Å². The standard InChI is InChI=1S/C19H17N5OS2.C2H6/c1-12-7-8-15-16(9-12)27-24-17(22-15)18(25)20-10-14(19-23-21-11-26-19)13-5-3-2-4-6-13;1-2/h2-9,11,14H,10H2,1H3,(H,20,25)(H,22,24);1-2H3. The second kappa shape index (κ2) is 10.2. The van der Waals surface area contributed by atoms with Gasteiger partial charge in [-0.25, -0.2) is 4.99 Å². The summed E-state index contributed by atoms with van der Waals surface area (Å²) in [4.78, 5) is 18.1. The van der Waals surface area contributed by atoms with E-state index in [9.17, 15) is 4.79 Å². The third-order valence-corrected chi connectivity index (χ3v) is 5.81. The summed E-state index contributed by atoms with van der Waals surface area (Å²) < 4.78 is 3.03. The smallest absolute Gasteiger partial charge is 0.287 e. The molecule has 0 radical (unpaired) electrons. The zero-order chi connectivity index (χ0) is 20.6. The first-order chi connectivity index (χ1) is 14.2. The van der Waals surface area contributed by atoms with Gasteiger partial charge < -0.3 is 10.0 Å². The van der Waals surface area contributed by atoms with Crippen LogP contribution in [0.25, 0.3) is 0 Å². The van der Waals surface area contributed by atoms with Crippen molar-refractivity contribution in [1.82, 2.24) is 20.2 Å². The summed E-state index contributed by atoms with van der Waals surface area (Å²) in [6.45, 7) is 6.45. The van der Waals surface area contributed by atoms with Gasteiger partial charge in [0.2, 0.25) is 5.84 Å². The molecule has 0 fully saturated rings. The van der Waals surface area contributed by atoms with E-state index in [1.807, 2.05) is 69.3 Å². The number of nitrogens with zero attached hydrogens (tertiary/aromatic N) is 3. The first kappa shape index (κ1) is 21.0. The first-order valence-electron chi connectivity index (χ1n) is 9.42. The Balaban J connectivity index is 0.00000117. The quantitative estimate of drug-likeness (QED) is 0.590. The molecule has 8 heteroatoms. The lowest BCUT2D eigenvalue weighted by Gasteiger charge is -2.19. The summed E-state index contributed by atoms with van der Waals surface area (Å²) in [6, 6.07) is 16.0. The monoisotopic (exact) mass is 425 g/mol. The van der Waals surface area contributed by atoms with E-state index in [4.69, 9.17) is 0 Å². The van der Waals surface area contributed by atoms with Gasteiger partial charge >= 0.3 is 0 Å². The molecule has 1 aliphatic rings. The summed E-state index contributed by atoms with van der Waals surface area (Å²) in [6.07, 6.45) is 0. The molecule has 0 saturated carbocycles. The van der Waals surface area contributed by atoms with Crippen LogP contribution < -0.4 is 10.0 Å². The van der Waals surface area contributed by atoms with Crippen molar-refractivity contribution >= 4 is 40.7 Å². The predicted octanol–water partition coefficient (Wildman–Crippen LogP) is 4.46. The van der Waals surface area contributed by atoms with Gasteiger partial charge in [0.1, 0.15) is 10.5 Å². The Labute approximate surface area is 179 Å².